The summed E-state index contributed by atoms with van der Waals surface area (Å²) >= 11 is 0. The number of esters is 2. The van der Waals surface area contributed by atoms with Crippen molar-refractivity contribution < 1.29 is 72.7 Å². The van der Waals surface area contributed by atoms with Gasteiger partial charge in [0.25, 0.3) is 0 Å². The van der Waals surface area contributed by atoms with Crippen molar-refractivity contribution in [2.24, 2.45) is 17.8 Å². The highest BCUT2D eigenvalue weighted by atomic mass is 16.7. The number of carbonyl (C=O) groups is 3. The van der Waals surface area contributed by atoms with E-state index in [9.17, 15) is 39.6 Å². The zero-order chi connectivity index (χ0) is 60.8. The van der Waals surface area contributed by atoms with Crippen LogP contribution in [0.2, 0.25) is 0 Å². The Morgan fingerprint density at radius 1 is 0.878 bits per heavy atom. The van der Waals surface area contributed by atoms with Crippen LogP contribution < -0.4 is 5.43 Å². The van der Waals surface area contributed by atoms with E-state index in [-0.39, 0.29) is 55.4 Å². The molecule has 5 heterocycles. The summed E-state index contributed by atoms with van der Waals surface area (Å²) in [6, 6.07) is 5.08. The molecule has 0 aliphatic carbocycles. The van der Waals surface area contributed by atoms with Crippen LogP contribution in [0.4, 0.5) is 0 Å². The van der Waals surface area contributed by atoms with Crippen LogP contribution in [-0.4, -0.2) is 234 Å². The molecular weight excluding hydrogens is 1060 g/mol. The van der Waals surface area contributed by atoms with E-state index in [0.29, 0.717) is 31.4 Å². The fourth-order valence-electron chi connectivity index (χ4n) is 13.6. The number of nitrogens with zero attached hydrogens (tertiary/aromatic N) is 5. The number of ether oxygens (including phenoxy) is 8. The van der Waals surface area contributed by atoms with Crippen molar-refractivity contribution in [1.82, 2.24) is 24.2 Å². The van der Waals surface area contributed by atoms with Crippen LogP contribution in [0, 0.1) is 17.8 Å². The standard InChI is InChI=1S/C61H101N5O16/c1-17-47-61(11,74)54(75-15)40(7)63(14)34-36(3)32-59(9,73)53(82-58-51(69)46(62(12)13)30-37(4)77-58)38(5)52(39(6)57(72)79-47)81-49-33-60(10,76-16)55(41(8)78-49)80-48(67)23-25-65-28-26-64(27-29-65)24-19-20-42-21-22-45-43(31-42)50(68)44(56(70)71)35-66(45)18-2/h21-22,31,35-41,46-47,49,51-55,58,69,73-74H,17-20,23-30,32-34H2,1-16H3,(H,70,71)/t36-,37-,38+,39-,40-,41+,46+,47-,49-,51-,52-,53-,54-,55+,58+,59-,60+,61-/m1/s1. The third-order valence-corrected chi connectivity index (χ3v) is 18.4. The van der Waals surface area contributed by atoms with Crippen molar-refractivity contribution in [3.8, 4) is 0 Å². The van der Waals surface area contributed by atoms with Gasteiger partial charge in [-0.25, -0.2) is 4.79 Å². The minimum Gasteiger partial charge on any atom is -0.477 e. The molecule has 21 nitrogen and oxygen atoms in total. The lowest BCUT2D eigenvalue weighted by atomic mass is 9.77. The molecule has 0 saturated carbocycles. The number of hydrogen-bond acceptors (Lipinski definition) is 19. The van der Waals surface area contributed by atoms with Crippen molar-refractivity contribution in [2.45, 2.75) is 218 Å². The second-order valence-electron chi connectivity index (χ2n) is 25.2. The number of carbonyl (C=O) groups excluding carboxylic acids is 2. The predicted octanol–water partition coefficient (Wildman–Crippen LogP) is 4.78. The van der Waals surface area contributed by atoms with Gasteiger partial charge in [0.15, 0.2) is 18.7 Å². The maximum Gasteiger partial charge on any atom is 0.341 e. The van der Waals surface area contributed by atoms with Crippen molar-refractivity contribution in [2.75, 3.05) is 81.2 Å². The van der Waals surface area contributed by atoms with Gasteiger partial charge in [-0.15, -0.1) is 0 Å². The number of aliphatic hydroxyl groups is 3. The van der Waals surface area contributed by atoms with Crippen LogP contribution in [0.3, 0.4) is 0 Å². The molecule has 1 aromatic heterocycles. The summed E-state index contributed by atoms with van der Waals surface area (Å²) in [7, 11) is 8.80. The average molecular weight is 1160 g/mol. The highest BCUT2D eigenvalue weighted by molar-refractivity contribution is 5.92. The molecule has 466 valence electrons. The van der Waals surface area contributed by atoms with Crippen LogP contribution in [0.5, 0.6) is 0 Å². The highest BCUT2D eigenvalue weighted by Crippen LogP contribution is 2.41. The maximum atomic E-state index is 14.8. The van der Waals surface area contributed by atoms with E-state index in [4.69, 9.17) is 37.9 Å². The van der Waals surface area contributed by atoms with E-state index in [0.717, 1.165) is 56.6 Å². The molecule has 0 radical (unpaired) electrons. The number of carboxylic acid groups (broad SMARTS) is 1. The lowest BCUT2D eigenvalue weighted by Gasteiger charge is -2.49. The van der Waals surface area contributed by atoms with Gasteiger partial charge in [0.05, 0.1) is 47.9 Å². The topological polar surface area (TPSA) is 241 Å². The van der Waals surface area contributed by atoms with Crippen LogP contribution in [0.15, 0.2) is 29.2 Å². The largest absolute Gasteiger partial charge is 0.477 e. The first-order valence-corrected chi connectivity index (χ1v) is 29.9. The van der Waals surface area contributed by atoms with Crippen molar-refractivity contribution in [3.63, 3.8) is 0 Å². The van der Waals surface area contributed by atoms with Crippen LogP contribution in [0.25, 0.3) is 10.9 Å². The van der Waals surface area contributed by atoms with E-state index in [1.54, 1.807) is 39.4 Å². The monoisotopic (exact) mass is 1160 g/mol. The second kappa shape index (κ2) is 28.7. The van der Waals surface area contributed by atoms with Gasteiger partial charge in [0.1, 0.15) is 35.1 Å². The molecule has 0 bridgehead atoms. The molecule has 4 fully saturated rings. The van der Waals surface area contributed by atoms with Gasteiger partial charge in [-0.05, 0) is 139 Å². The number of pyridine rings is 1. The Kier molecular flexibility index (Phi) is 23.6. The molecule has 21 heteroatoms. The average Bonchev–Trinajstić information content (AvgIpc) is 3.58. The number of rotatable bonds is 18. The SMILES string of the molecule is CC[C@H]1OC(=O)[C@H](C)[C@H](O[C@@H]2C[C@](C)(OC)[C@@H](OC(=O)CCN3CCN(CCCc4ccc5c(c4)c(=O)c(C(=O)O)cn5CC)CC3)[C@H](C)O2)[C@H](C)[C@@H](O[C@@H]2O[C@H](C)C[C@H](N(C)C)[C@H]2O)[C@](C)(O)C[C@@H](C)CN(C)[C@H](C)[C@@H](OC)[C@]1(C)O. The second-order valence-corrected chi connectivity index (χ2v) is 25.2. The summed E-state index contributed by atoms with van der Waals surface area (Å²) < 4.78 is 53.3. The van der Waals surface area contributed by atoms with E-state index in [2.05, 4.69) is 14.7 Å². The minimum atomic E-state index is -1.63. The minimum absolute atomic E-state index is 0.0846. The quantitative estimate of drug-likeness (QED) is 0.147. The number of hydrogen-bond donors (Lipinski definition) is 4. The van der Waals surface area contributed by atoms with E-state index < -0.39 is 107 Å². The summed E-state index contributed by atoms with van der Waals surface area (Å²) in [4.78, 5) is 62.0. The molecule has 18 atom stereocenters. The van der Waals surface area contributed by atoms with Gasteiger partial charge in [0, 0.05) is 96.0 Å². The molecule has 1 aromatic carbocycles. The van der Waals surface area contributed by atoms with Gasteiger partial charge in [-0.1, -0.05) is 26.8 Å². The molecule has 0 unspecified atom stereocenters. The zero-order valence-electron chi connectivity index (χ0n) is 52.0. The lowest BCUT2D eigenvalue weighted by Crippen LogP contribution is -2.61. The fraction of sp³-hybridized carbons (Fsp3) is 0.803. The number of aliphatic hydroxyl groups excluding tert-OH is 1. The Hall–Kier alpha value is -3.68. The summed E-state index contributed by atoms with van der Waals surface area (Å²) in [5.41, 5.74) is -3.33. The Balaban J connectivity index is 1.14. The Morgan fingerprint density at radius 3 is 2.13 bits per heavy atom. The van der Waals surface area contributed by atoms with Gasteiger partial charge < -0.3 is 82.5 Å². The highest BCUT2D eigenvalue weighted by Gasteiger charge is 2.54. The van der Waals surface area contributed by atoms with E-state index in [1.165, 1.54) is 13.3 Å². The molecule has 4 saturated heterocycles. The predicted molar refractivity (Wildman–Crippen MR) is 310 cm³/mol. The number of cyclic esters (lactones) is 1. The number of aryl methyl sites for hydroxylation is 2. The summed E-state index contributed by atoms with van der Waals surface area (Å²) in [6.07, 6.45) is -4.74. The third kappa shape index (κ3) is 15.8. The third-order valence-electron chi connectivity index (χ3n) is 18.4. The first-order chi connectivity index (χ1) is 38.5. The summed E-state index contributed by atoms with van der Waals surface area (Å²) in [6.45, 7) is 25.7. The van der Waals surface area contributed by atoms with Gasteiger partial charge >= 0.3 is 17.9 Å². The molecule has 6 rings (SSSR count). The molecule has 2 aromatic rings. The fourth-order valence-corrected chi connectivity index (χ4v) is 13.6. The Labute approximate surface area is 486 Å². The van der Waals surface area contributed by atoms with Gasteiger partial charge in [-0.3, -0.25) is 14.4 Å². The van der Waals surface area contributed by atoms with E-state index >= 15 is 0 Å². The number of carboxylic acids is 1. The van der Waals surface area contributed by atoms with E-state index in [1.807, 2.05) is 92.7 Å². The number of benzene rings is 1. The first-order valence-electron chi connectivity index (χ1n) is 29.9. The Morgan fingerprint density at radius 2 is 1.54 bits per heavy atom. The van der Waals surface area contributed by atoms with Gasteiger partial charge in [-0.2, -0.15) is 0 Å². The van der Waals surface area contributed by atoms with Crippen LogP contribution >= 0.6 is 0 Å². The number of fused-ring (bicyclic) bond motifs is 1. The Bertz CT molecular complexity index is 2490. The van der Waals surface area contributed by atoms with Crippen LogP contribution in [-0.2, 0) is 60.4 Å². The van der Waals surface area contributed by atoms with Crippen LogP contribution in [0.1, 0.15) is 131 Å². The number of aromatic carboxylic acids is 1. The number of likely N-dealkylation sites (N-methyl/N-ethyl adjacent to an activating group) is 2. The molecule has 0 spiro atoms. The van der Waals surface area contributed by atoms with Crippen molar-refractivity contribution in [1.29, 1.82) is 0 Å². The van der Waals surface area contributed by atoms with Crippen molar-refractivity contribution in [3.05, 3.63) is 45.7 Å². The number of aromatic nitrogens is 1. The smallest absolute Gasteiger partial charge is 0.341 e. The molecular formula is C61H101N5O16. The normalized spacial score (nSPS) is 37.3. The zero-order valence-corrected chi connectivity index (χ0v) is 52.0. The molecule has 4 aliphatic heterocycles. The van der Waals surface area contributed by atoms with Crippen molar-refractivity contribution >= 4 is 28.8 Å². The molecule has 4 aliphatic rings. The number of methoxy groups -OCH3 is 2. The summed E-state index contributed by atoms with van der Waals surface area (Å²) in [5.74, 6) is -4.28. The first kappa shape index (κ1) is 67.4. The van der Waals surface area contributed by atoms with Gasteiger partial charge in [0.2, 0.25) is 5.43 Å². The maximum absolute atomic E-state index is 14.8. The molecule has 0 amide bonds. The summed E-state index contributed by atoms with van der Waals surface area (Å²) in [5, 5.41) is 47.0. The lowest BCUT2D eigenvalue weighted by molar-refractivity contribution is -0.318. The molecule has 82 heavy (non-hydrogen) atoms. The number of piperazine rings is 1. The molecule has 4 N–H and O–H groups in total.